The van der Waals surface area contributed by atoms with E-state index >= 15 is 0 Å². The number of hydrogen-bond donors (Lipinski definition) is 1. The number of nitrogens with zero attached hydrogens (tertiary/aromatic N) is 1. The first-order valence-electron chi connectivity index (χ1n) is 6.85. The summed E-state index contributed by atoms with van der Waals surface area (Å²) in [6.45, 7) is 4.03. The summed E-state index contributed by atoms with van der Waals surface area (Å²) in [4.78, 5) is 2.40. The lowest BCUT2D eigenvalue weighted by molar-refractivity contribution is -0.274. The van der Waals surface area contributed by atoms with Crippen molar-refractivity contribution in [2.45, 2.75) is 25.6 Å². The SMILES string of the molecule is FC(F)(F)Oc1ccc(NCCN2CCCCC2)cc1. The van der Waals surface area contributed by atoms with Crippen LogP contribution in [0.2, 0.25) is 0 Å². The Balaban J connectivity index is 1.73. The normalized spacial score (nSPS) is 16.9. The first-order valence-corrected chi connectivity index (χ1v) is 6.85. The molecule has 1 aliphatic rings. The predicted octanol–water partition coefficient (Wildman–Crippen LogP) is 3.48. The molecule has 0 unspecified atom stereocenters. The highest BCUT2D eigenvalue weighted by atomic mass is 19.4. The molecule has 1 N–H and O–H groups in total. The van der Waals surface area contributed by atoms with E-state index < -0.39 is 6.36 Å². The van der Waals surface area contributed by atoms with Gasteiger partial charge in [-0.2, -0.15) is 0 Å². The minimum atomic E-state index is -4.64. The predicted molar refractivity (Wildman–Crippen MR) is 71.9 cm³/mol. The number of alkyl halides is 3. The minimum Gasteiger partial charge on any atom is -0.406 e. The number of nitrogens with one attached hydrogen (secondary N) is 1. The summed E-state index contributed by atoms with van der Waals surface area (Å²) in [6.07, 6.45) is -0.819. The summed E-state index contributed by atoms with van der Waals surface area (Å²) < 4.78 is 39.8. The van der Waals surface area contributed by atoms with E-state index in [0.717, 1.165) is 31.9 Å². The number of anilines is 1. The van der Waals surface area contributed by atoms with Crippen LogP contribution in [0.25, 0.3) is 0 Å². The zero-order valence-electron chi connectivity index (χ0n) is 11.2. The van der Waals surface area contributed by atoms with E-state index in [1.807, 2.05) is 0 Å². The highest BCUT2D eigenvalue weighted by Gasteiger charge is 2.30. The Morgan fingerprint density at radius 2 is 1.70 bits per heavy atom. The third-order valence-electron chi connectivity index (χ3n) is 3.29. The summed E-state index contributed by atoms with van der Waals surface area (Å²) in [7, 11) is 0. The Morgan fingerprint density at radius 1 is 1.05 bits per heavy atom. The molecule has 1 heterocycles. The second-order valence-electron chi connectivity index (χ2n) is 4.90. The molecule has 1 saturated heterocycles. The standard InChI is InChI=1S/C14H19F3N2O/c15-14(16,17)20-13-6-4-12(5-7-13)18-8-11-19-9-2-1-3-10-19/h4-7,18H,1-3,8-11H2. The van der Waals surface area contributed by atoms with Crippen molar-refractivity contribution in [3.63, 3.8) is 0 Å². The Labute approximate surface area is 116 Å². The largest absolute Gasteiger partial charge is 0.573 e. The van der Waals surface area contributed by atoms with Gasteiger partial charge in [0.1, 0.15) is 5.75 Å². The van der Waals surface area contributed by atoms with Crippen LogP contribution < -0.4 is 10.1 Å². The zero-order chi connectivity index (χ0) is 14.4. The van der Waals surface area contributed by atoms with E-state index in [0.29, 0.717) is 0 Å². The number of benzene rings is 1. The van der Waals surface area contributed by atoms with Crippen LogP contribution >= 0.6 is 0 Å². The molecule has 20 heavy (non-hydrogen) atoms. The third-order valence-corrected chi connectivity index (χ3v) is 3.29. The van der Waals surface area contributed by atoms with E-state index in [9.17, 15) is 13.2 Å². The molecule has 0 bridgehead atoms. The van der Waals surface area contributed by atoms with Gasteiger partial charge in [-0.1, -0.05) is 6.42 Å². The van der Waals surface area contributed by atoms with Crippen molar-refractivity contribution in [3.8, 4) is 5.75 Å². The molecular formula is C14H19F3N2O. The fourth-order valence-electron chi connectivity index (χ4n) is 2.32. The third kappa shape index (κ3) is 5.28. The molecule has 0 saturated carbocycles. The van der Waals surface area contributed by atoms with Crippen LogP contribution in [0, 0.1) is 0 Å². The van der Waals surface area contributed by atoms with Gasteiger partial charge in [0.15, 0.2) is 0 Å². The van der Waals surface area contributed by atoms with Crippen molar-refractivity contribution >= 4 is 5.69 Å². The molecule has 1 fully saturated rings. The second-order valence-corrected chi connectivity index (χ2v) is 4.90. The van der Waals surface area contributed by atoms with Gasteiger partial charge in [0.25, 0.3) is 0 Å². The van der Waals surface area contributed by atoms with Gasteiger partial charge in [-0.25, -0.2) is 0 Å². The second kappa shape index (κ2) is 6.83. The number of halogens is 3. The summed E-state index contributed by atoms with van der Waals surface area (Å²) in [5, 5.41) is 3.20. The summed E-state index contributed by atoms with van der Waals surface area (Å²) >= 11 is 0. The molecule has 0 radical (unpaired) electrons. The average Bonchev–Trinajstić information content (AvgIpc) is 2.40. The monoisotopic (exact) mass is 288 g/mol. The molecular weight excluding hydrogens is 269 g/mol. The molecule has 3 nitrogen and oxygen atoms in total. The van der Waals surface area contributed by atoms with E-state index in [2.05, 4.69) is 15.0 Å². The van der Waals surface area contributed by atoms with Crippen LogP contribution in [-0.2, 0) is 0 Å². The number of ether oxygens (including phenoxy) is 1. The minimum absolute atomic E-state index is 0.195. The highest BCUT2D eigenvalue weighted by Crippen LogP contribution is 2.23. The summed E-state index contributed by atoms with van der Waals surface area (Å²) in [5.74, 6) is -0.195. The Morgan fingerprint density at radius 3 is 2.30 bits per heavy atom. The van der Waals surface area contributed by atoms with Crippen molar-refractivity contribution < 1.29 is 17.9 Å². The lowest BCUT2D eigenvalue weighted by atomic mass is 10.1. The lowest BCUT2D eigenvalue weighted by Crippen LogP contribution is -2.33. The van der Waals surface area contributed by atoms with E-state index in [1.54, 1.807) is 12.1 Å². The van der Waals surface area contributed by atoms with Gasteiger partial charge >= 0.3 is 6.36 Å². The molecule has 0 aromatic heterocycles. The molecule has 0 spiro atoms. The first kappa shape index (κ1) is 15.0. The molecule has 2 rings (SSSR count). The molecule has 0 atom stereocenters. The molecule has 1 aromatic rings. The smallest absolute Gasteiger partial charge is 0.406 e. The first-order chi connectivity index (χ1) is 9.53. The molecule has 1 aromatic carbocycles. The topological polar surface area (TPSA) is 24.5 Å². The number of hydrogen-bond acceptors (Lipinski definition) is 3. The fourth-order valence-corrected chi connectivity index (χ4v) is 2.32. The van der Waals surface area contributed by atoms with Gasteiger partial charge in [-0.15, -0.1) is 13.2 Å². The van der Waals surface area contributed by atoms with Crippen LogP contribution in [0.3, 0.4) is 0 Å². The van der Waals surface area contributed by atoms with E-state index in [1.165, 1.54) is 31.4 Å². The number of likely N-dealkylation sites (tertiary alicyclic amines) is 1. The van der Waals surface area contributed by atoms with Crippen LogP contribution in [0.15, 0.2) is 24.3 Å². The highest BCUT2D eigenvalue weighted by molar-refractivity contribution is 5.46. The van der Waals surface area contributed by atoms with Gasteiger partial charge in [-0.3, -0.25) is 0 Å². The van der Waals surface area contributed by atoms with Crippen LogP contribution in [-0.4, -0.2) is 37.4 Å². The Kier molecular flexibility index (Phi) is 5.11. The molecule has 6 heteroatoms. The van der Waals surface area contributed by atoms with Crippen LogP contribution in [0.1, 0.15) is 19.3 Å². The average molecular weight is 288 g/mol. The maximum absolute atomic E-state index is 12.0. The van der Waals surface area contributed by atoms with Gasteiger partial charge < -0.3 is 15.0 Å². The van der Waals surface area contributed by atoms with Gasteiger partial charge in [0, 0.05) is 18.8 Å². The summed E-state index contributed by atoms with van der Waals surface area (Å²) in [5.41, 5.74) is 0.802. The molecule has 0 aliphatic carbocycles. The number of piperidine rings is 1. The van der Waals surface area contributed by atoms with Crippen molar-refractivity contribution in [2.75, 3.05) is 31.5 Å². The fraction of sp³-hybridized carbons (Fsp3) is 0.571. The quantitative estimate of drug-likeness (QED) is 0.897. The van der Waals surface area contributed by atoms with Crippen LogP contribution in [0.5, 0.6) is 5.75 Å². The lowest BCUT2D eigenvalue weighted by Gasteiger charge is -2.26. The van der Waals surface area contributed by atoms with Crippen molar-refractivity contribution in [1.29, 1.82) is 0 Å². The maximum atomic E-state index is 12.0. The number of rotatable bonds is 5. The molecule has 1 aliphatic heterocycles. The Hall–Kier alpha value is -1.43. The van der Waals surface area contributed by atoms with Crippen molar-refractivity contribution in [1.82, 2.24) is 4.90 Å². The van der Waals surface area contributed by atoms with E-state index in [4.69, 9.17) is 0 Å². The maximum Gasteiger partial charge on any atom is 0.573 e. The van der Waals surface area contributed by atoms with Gasteiger partial charge in [0.2, 0.25) is 0 Å². The molecule has 112 valence electrons. The molecule has 0 amide bonds. The summed E-state index contributed by atoms with van der Waals surface area (Å²) in [6, 6.07) is 5.82. The van der Waals surface area contributed by atoms with Crippen molar-refractivity contribution in [2.24, 2.45) is 0 Å². The van der Waals surface area contributed by atoms with Crippen molar-refractivity contribution in [3.05, 3.63) is 24.3 Å². The van der Waals surface area contributed by atoms with Gasteiger partial charge in [0.05, 0.1) is 0 Å². The zero-order valence-corrected chi connectivity index (χ0v) is 11.2. The van der Waals surface area contributed by atoms with Crippen LogP contribution in [0.4, 0.5) is 18.9 Å². The Bertz CT molecular complexity index is 400. The van der Waals surface area contributed by atoms with E-state index in [-0.39, 0.29) is 5.75 Å². The van der Waals surface area contributed by atoms with Gasteiger partial charge in [-0.05, 0) is 50.2 Å².